The maximum atomic E-state index is 11.1. The Balaban J connectivity index is 2.26. The van der Waals surface area contributed by atoms with Crippen molar-refractivity contribution in [3.8, 4) is 0 Å². The van der Waals surface area contributed by atoms with Gasteiger partial charge in [-0.25, -0.2) is 14.0 Å². The third kappa shape index (κ3) is 3.90. The number of nitrogens with one attached hydrogen (secondary N) is 1. The molecule has 1 aliphatic rings. The first-order valence-electron chi connectivity index (χ1n) is 5.76. The van der Waals surface area contributed by atoms with Crippen molar-refractivity contribution in [2.45, 2.75) is 18.9 Å². The molecular formula is C11H15N3O4S. The first kappa shape index (κ1) is 13.8. The quantitative estimate of drug-likeness (QED) is 0.669. The first-order chi connectivity index (χ1) is 8.95. The van der Waals surface area contributed by atoms with E-state index in [-0.39, 0.29) is 11.4 Å². The summed E-state index contributed by atoms with van der Waals surface area (Å²) in [5.41, 5.74) is 0.101. The van der Waals surface area contributed by atoms with Gasteiger partial charge in [0.2, 0.25) is 0 Å². The van der Waals surface area contributed by atoms with Gasteiger partial charge in [0.05, 0.1) is 5.56 Å². The maximum absolute atomic E-state index is 11.1. The molecule has 0 bridgehead atoms. The average molecular weight is 285 g/mol. The standard InChI is InChI=1S/C11H15N3O4S/c1-14(6-19(17)18)10-5-7(11(15)16)4-9(13-10)12-8-2-3-8/h4-5,8H,2-3,6H2,1H3,(H,12,13)(H,15,16)(H,17,18). The Morgan fingerprint density at radius 1 is 1.58 bits per heavy atom. The molecule has 1 aliphatic carbocycles. The van der Waals surface area contributed by atoms with Crippen LogP contribution < -0.4 is 10.2 Å². The topological polar surface area (TPSA) is 103 Å². The van der Waals surface area contributed by atoms with Gasteiger partial charge >= 0.3 is 5.97 Å². The summed E-state index contributed by atoms with van der Waals surface area (Å²) in [6.45, 7) is 0. The fourth-order valence-corrected chi connectivity index (χ4v) is 2.04. The van der Waals surface area contributed by atoms with E-state index in [1.165, 1.54) is 17.0 Å². The largest absolute Gasteiger partial charge is 0.478 e. The number of aromatic nitrogens is 1. The predicted molar refractivity (Wildman–Crippen MR) is 71.9 cm³/mol. The molecule has 0 radical (unpaired) electrons. The Morgan fingerprint density at radius 2 is 2.26 bits per heavy atom. The Morgan fingerprint density at radius 3 is 2.79 bits per heavy atom. The number of carboxylic acids is 1. The molecule has 7 nitrogen and oxygen atoms in total. The minimum atomic E-state index is -2.00. The lowest BCUT2D eigenvalue weighted by Gasteiger charge is -2.17. The fourth-order valence-electron chi connectivity index (χ4n) is 1.58. The zero-order valence-electron chi connectivity index (χ0n) is 10.4. The van der Waals surface area contributed by atoms with E-state index in [9.17, 15) is 9.00 Å². The summed E-state index contributed by atoms with van der Waals surface area (Å²) in [7, 11) is 1.59. The fraction of sp³-hybridized carbons (Fsp3) is 0.455. The van der Waals surface area contributed by atoms with E-state index in [4.69, 9.17) is 9.66 Å². The maximum Gasteiger partial charge on any atom is 0.335 e. The summed E-state index contributed by atoms with van der Waals surface area (Å²) in [6.07, 6.45) is 2.09. The first-order valence-corrected chi connectivity index (χ1v) is 7.04. The van der Waals surface area contributed by atoms with Crippen LogP contribution in [-0.4, -0.2) is 43.8 Å². The van der Waals surface area contributed by atoms with E-state index in [0.717, 1.165) is 12.8 Å². The molecule has 1 atom stereocenters. The van der Waals surface area contributed by atoms with Gasteiger partial charge in [0.25, 0.3) is 0 Å². The Kier molecular flexibility index (Phi) is 4.01. The molecule has 1 fully saturated rings. The molecule has 1 aromatic rings. The van der Waals surface area contributed by atoms with E-state index >= 15 is 0 Å². The molecule has 0 aliphatic heterocycles. The zero-order valence-corrected chi connectivity index (χ0v) is 11.2. The summed E-state index contributed by atoms with van der Waals surface area (Å²) in [5.74, 6) is -0.349. The van der Waals surface area contributed by atoms with Crippen molar-refractivity contribution in [1.29, 1.82) is 0 Å². The van der Waals surface area contributed by atoms with Crippen LogP contribution in [0, 0.1) is 0 Å². The molecule has 0 aromatic carbocycles. The van der Waals surface area contributed by atoms with Crippen molar-refractivity contribution < 1.29 is 18.7 Å². The highest BCUT2D eigenvalue weighted by atomic mass is 32.2. The summed E-state index contributed by atoms with van der Waals surface area (Å²) >= 11 is -2.00. The highest BCUT2D eigenvalue weighted by Crippen LogP contribution is 2.25. The van der Waals surface area contributed by atoms with Gasteiger partial charge in [0.1, 0.15) is 17.5 Å². The third-order valence-electron chi connectivity index (χ3n) is 2.68. The van der Waals surface area contributed by atoms with Gasteiger partial charge in [-0.15, -0.1) is 0 Å². The van der Waals surface area contributed by atoms with Gasteiger partial charge in [0.15, 0.2) is 11.1 Å². The lowest BCUT2D eigenvalue weighted by atomic mass is 10.2. The normalized spacial score (nSPS) is 15.9. The number of carbonyl (C=O) groups is 1. The van der Waals surface area contributed by atoms with Gasteiger partial charge in [0, 0.05) is 13.1 Å². The SMILES string of the molecule is CN(CS(=O)O)c1cc(C(=O)O)cc(NC2CC2)n1. The molecule has 0 spiro atoms. The second-order valence-corrected chi connectivity index (χ2v) is 5.37. The lowest BCUT2D eigenvalue weighted by molar-refractivity contribution is 0.0697. The summed E-state index contributed by atoms with van der Waals surface area (Å²) < 4.78 is 19.6. The van der Waals surface area contributed by atoms with E-state index in [1.54, 1.807) is 7.05 Å². The van der Waals surface area contributed by atoms with Crippen LogP contribution in [-0.2, 0) is 11.1 Å². The van der Waals surface area contributed by atoms with Crippen LogP contribution in [0.15, 0.2) is 12.1 Å². The predicted octanol–water partition coefficient (Wildman–Crippen LogP) is 0.970. The monoisotopic (exact) mass is 285 g/mol. The summed E-state index contributed by atoms with van der Waals surface area (Å²) in [6, 6.07) is 3.20. The van der Waals surface area contributed by atoms with Crippen LogP contribution in [0.25, 0.3) is 0 Å². The molecule has 3 N–H and O–H groups in total. The Labute approximate surface area is 112 Å². The number of carboxylic acid groups (broad SMARTS) is 1. The number of hydrogen-bond acceptors (Lipinski definition) is 5. The van der Waals surface area contributed by atoms with Crippen molar-refractivity contribution in [3.63, 3.8) is 0 Å². The third-order valence-corrected chi connectivity index (χ3v) is 3.29. The number of rotatable bonds is 6. The molecule has 1 aromatic heterocycles. The summed E-state index contributed by atoms with van der Waals surface area (Å²) in [5, 5.41) is 12.2. The number of aromatic carboxylic acids is 1. The van der Waals surface area contributed by atoms with Crippen LogP contribution in [0.2, 0.25) is 0 Å². The lowest BCUT2D eigenvalue weighted by Crippen LogP contribution is -2.23. The van der Waals surface area contributed by atoms with Gasteiger partial charge in [-0.2, -0.15) is 0 Å². The molecule has 0 amide bonds. The smallest absolute Gasteiger partial charge is 0.335 e. The number of anilines is 2. The van der Waals surface area contributed by atoms with E-state index in [2.05, 4.69) is 10.3 Å². The van der Waals surface area contributed by atoms with Crippen LogP contribution in [0.3, 0.4) is 0 Å². The molecule has 1 heterocycles. The van der Waals surface area contributed by atoms with E-state index in [0.29, 0.717) is 17.7 Å². The Hall–Kier alpha value is -1.67. The Bertz CT molecular complexity index is 519. The average Bonchev–Trinajstić information content (AvgIpc) is 3.11. The molecule has 8 heteroatoms. The van der Waals surface area contributed by atoms with Crippen LogP contribution in [0.1, 0.15) is 23.2 Å². The number of hydrogen-bond donors (Lipinski definition) is 3. The molecular weight excluding hydrogens is 270 g/mol. The summed E-state index contributed by atoms with van der Waals surface area (Å²) in [4.78, 5) is 16.8. The van der Waals surface area contributed by atoms with Crippen molar-refractivity contribution in [2.24, 2.45) is 0 Å². The molecule has 104 valence electrons. The van der Waals surface area contributed by atoms with Crippen LogP contribution in [0.5, 0.6) is 0 Å². The van der Waals surface area contributed by atoms with Gasteiger partial charge in [-0.3, -0.25) is 0 Å². The van der Waals surface area contributed by atoms with E-state index in [1.807, 2.05) is 0 Å². The highest BCUT2D eigenvalue weighted by molar-refractivity contribution is 7.79. The van der Waals surface area contributed by atoms with Crippen molar-refractivity contribution in [3.05, 3.63) is 17.7 Å². The minimum absolute atomic E-state index is 0.101. The van der Waals surface area contributed by atoms with Crippen LogP contribution in [0.4, 0.5) is 11.6 Å². The number of pyridine rings is 1. The molecule has 2 rings (SSSR count). The van der Waals surface area contributed by atoms with Crippen molar-refractivity contribution in [1.82, 2.24) is 4.98 Å². The number of nitrogens with zero attached hydrogens (tertiary/aromatic N) is 2. The van der Waals surface area contributed by atoms with Gasteiger partial charge in [-0.1, -0.05) is 0 Å². The van der Waals surface area contributed by atoms with Crippen LogP contribution >= 0.6 is 0 Å². The van der Waals surface area contributed by atoms with Gasteiger partial charge in [-0.05, 0) is 25.0 Å². The second-order valence-electron chi connectivity index (χ2n) is 4.47. The molecule has 1 saturated carbocycles. The van der Waals surface area contributed by atoms with Crippen molar-refractivity contribution >= 4 is 28.7 Å². The second kappa shape index (κ2) is 5.54. The highest BCUT2D eigenvalue weighted by Gasteiger charge is 2.22. The molecule has 0 saturated heterocycles. The molecule has 19 heavy (non-hydrogen) atoms. The minimum Gasteiger partial charge on any atom is -0.478 e. The van der Waals surface area contributed by atoms with Gasteiger partial charge < -0.3 is 19.9 Å². The zero-order chi connectivity index (χ0) is 14.0. The van der Waals surface area contributed by atoms with Crippen molar-refractivity contribution in [2.75, 3.05) is 23.1 Å². The van der Waals surface area contributed by atoms with E-state index < -0.39 is 17.0 Å². The molecule has 1 unspecified atom stereocenters.